The summed E-state index contributed by atoms with van der Waals surface area (Å²) in [4.78, 5) is 14.7. The Labute approximate surface area is 155 Å². The van der Waals surface area contributed by atoms with Crippen LogP contribution in [0.2, 0.25) is 0 Å². The molecule has 27 heavy (non-hydrogen) atoms. The topological polar surface area (TPSA) is 41.6 Å². The lowest BCUT2D eigenvalue weighted by atomic mass is 10.0. The zero-order valence-corrected chi connectivity index (χ0v) is 15.4. The molecule has 0 radical (unpaired) electrons. The molecule has 4 nitrogen and oxygen atoms in total. The summed E-state index contributed by atoms with van der Waals surface area (Å²) in [5.41, 5.74) is 3.43. The Kier molecular flexibility index (Phi) is 5.04. The third-order valence-corrected chi connectivity index (χ3v) is 4.75. The molecule has 0 saturated heterocycles. The first-order valence-corrected chi connectivity index (χ1v) is 8.74. The van der Waals surface area contributed by atoms with Gasteiger partial charge >= 0.3 is 6.36 Å². The number of nitrogens with one attached hydrogen (secondary N) is 1. The molecule has 0 bridgehead atoms. The number of anilines is 2. The van der Waals surface area contributed by atoms with Gasteiger partial charge in [-0.1, -0.05) is 19.1 Å². The van der Waals surface area contributed by atoms with Crippen LogP contribution in [0.5, 0.6) is 5.75 Å². The van der Waals surface area contributed by atoms with Crippen molar-refractivity contribution in [2.75, 3.05) is 16.8 Å². The highest BCUT2D eigenvalue weighted by molar-refractivity contribution is 6.10. The number of carbonyl (C=O) groups is 1. The molecule has 0 saturated carbocycles. The number of para-hydroxylation sites is 1. The molecule has 1 N–H and O–H groups in total. The van der Waals surface area contributed by atoms with E-state index in [1.165, 1.54) is 23.1 Å². The molecule has 2 aromatic rings. The van der Waals surface area contributed by atoms with E-state index in [2.05, 4.69) is 10.1 Å². The number of benzene rings is 2. The Balaban J connectivity index is 2.04. The van der Waals surface area contributed by atoms with Gasteiger partial charge < -0.3 is 15.0 Å². The lowest BCUT2D eigenvalue weighted by Crippen LogP contribution is -2.44. The Morgan fingerprint density at radius 1 is 1.22 bits per heavy atom. The summed E-state index contributed by atoms with van der Waals surface area (Å²) in [7, 11) is 0. The maximum Gasteiger partial charge on any atom is 0.573 e. The summed E-state index contributed by atoms with van der Waals surface area (Å²) in [5, 5.41) is 3.40. The van der Waals surface area contributed by atoms with Crippen LogP contribution in [0.3, 0.4) is 0 Å². The SMILES string of the molecule is CCC1CN(C(=O)c2ccccc2OC(F)(F)F)c2cc(C)c(C)cc2N1. The predicted octanol–water partition coefficient (Wildman–Crippen LogP) is 5.05. The molecule has 1 unspecified atom stereocenters. The first-order valence-electron chi connectivity index (χ1n) is 8.74. The van der Waals surface area contributed by atoms with Crippen molar-refractivity contribution < 1.29 is 22.7 Å². The summed E-state index contributed by atoms with van der Waals surface area (Å²) < 4.78 is 42.2. The van der Waals surface area contributed by atoms with E-state index in [0.717, 1.165) is 29.3 Å². The quantitative estimate of drug-likeness (QED) is 0.812. The molecule has 144 valence electrons. The van der Waals surface area contributed by atoms with Gasteiger partial charge in [-0.25, -0.2) is 0 Å². The largest absolute Gasteiger partial charge is 0.573 e. The molecule has 0 aromatic heterocycles. The van der Waals surface area contributed by atoms with Gasteiger partial charge in [-0.2, -0.15) is 0 Å². The molecule has 3 rings (SSSR count). The van der Waals surface area contributed by atoms with E-state index in [-0.39, 0.29) is 11.6 Å². The number of carbonyl (C=O) groups excluding carboxylic acids is 1. The number of hydrogen-bond donors (Lipinski definition) is 1. The predicted molar refractivity (Wildman–Crippen MR) is 98.4 cm³/mol. The minimum Gasteiger partial charge on any atom is -0.405 e. The summed E-state index contributed by atoms with van der Waals surface area (Å²) >= 11 is 0. The second-order valence-corrected chi connectivity index (χ2v) is 6.66. The molecule has 0 spiro atoms. The van der Waals surface area contributed by atoms with Crippen molar-refractivity contribution in [3.63, 3.8) is 0 Å². The molecule has 1 amide bonds. The molecule has 1 atom stereocenters. The van der Waals surface area contributed by atoms with Crippen LogP contribution in [0.15, 0.2) is 36.4 Å². The van der Waals surface area contributed by atoms with Crippen LogP contribution in [0.25, 0.3) is 0 Å². The lowest BCUT2D eigenvalue weighted by Gasteiger charge is -2.36. The van der Waals surface area contributed by atoms with Crippen LogP contribution in [-0.4, -0.2) is 24.9 Å². The van der Waals surface area contributed by atoms with Gasteiger partial charge in [0, 0.05) is 12.6 Å². The van der Waals surface area contributed by atoms with Gasteiger partial charge in [-0.15, -0.1) is 13.2 Å². The average molecular weight is 378 g/mol. The van der Waals surface area contributed by atoms with E-state index in [1.807, 2.05) is 32.9 Å². The zero-order chi connectivity index (χ0) is 19.8. The van der Waals surface area contributed by atoms with Crippen LogP contribution in [0.1, 0.15) is 34.8 Å². The van der Waals surface area contributed by atoms with E-state index in [0.29, 0.717) is 12.2 Å². The molecular weight excluding hydrogens is 357 g/mol. The Morgan fingerprint density at radius 3 is 2.56 bits per heavy atom. The molecular formula is C20H21F3N2O2. The number of rotatable bonds is 3. The fraction of sp³-hybridized carbons (Fsp3) is 0.350. The summed E-state index contributed by atoms with van der Waals surface area (Å²) in [6.45, 7) is 6.27. The van der Waals surface area contributed by atoms with Crippen LogP contribution in [-0.2, 0) is 0 Å². The van der Waals surface area contributed by atoms with Crippen molar-refractivity contribution in [3.8, 4) is 5.75 Å². The summed E-state index contributed by atoms with van der Waals surface area (Å²) in [6.07, 6.45) is -4.09. The van der Waals surface area contributed by atoms with Crippen LogP contribution in [0, 0.1) is 13.8 Å². The van der Waals surface area contributed by atoms with Gasteiger partial charge in [0.15, 0.2) is 0 Å². The van der Waals surface area contributed by atoms with E-state index in [4.69, 9.17) is 0 Å². The number of ether oxygens (including phenoxy) is 1. The molecule has 1 aliphatic rings. The standard InChI is InChI=1S/C20H21F3N2O2/c1-4-14-11-25(17-10-13(3)12(2)9-16(17)24-14)19(26)15-7-5-6-8-18(15)27-20(21,22)23/h5-10,14,24H,4,11H2,1-3H3. The maximum atomic E-state index is 13.2. The smallest absolute Gasteiger partial charge is 0.405 e. The van der Waals surface area contributed by atoms with Crippen molar-refractivity contribution in [1.29, 1.82) is 0 Å². The number of nitrogens with zero attached hydrogens (tertiary/aromatic N) is 1. The second-order valence-electron chi connectivity index (χ2n) is 6.66. The third-order valence-electron chi connectivity index (χ3n) is 4.75. The maximum absolute atomic E-state index is 13.2. The van der Waals surface area contributed by atoms with E-state index < -0.39 is 18.0 Å². The molecule has 1 aliphatic heterocycles. The van der Waals surface area contributed by atoms with E-state index in [1.54, 1.807) is 0 Å². The van der Waals surface area contributed by atoms with Crippen LogP contribution < -0.4 is 15.0 Å². The molecule has 2 aromatic carbocycles. The fourth-order valence-corrected chi connectivity index (χ4v) is 3.15. The van der Waals surface area contributed by atoms with Gasteiger partial charge in [-0.05, 0) is 55.7 Å². The van der Waals surface area contributed by atoms with Crippen LogP contribution >= 0.6 is 0 Å². The molecule has 0 aliphatic carbocycles. The van der Waals surface area contributed by atoms with Crippen molar-refractivity contribution in [1.82, 2.24) is 0 Å². The highest BCUT2D eigenvalue weighted by atomic mass is 19.4. The number of aryl methyl sites for hydroxylation is 2. The van der Waals surface area contributed by atoms with Crippen molar-refractivity contribution in [3.05, 3.63) is 53.1 Å². The van der Waals surface area contributed by atoms with Crippen molar-refractivity contribution in [2.24, 2.45) is 0 Å². The van der Waals surface area contributed by atoms with Gasteiger partial charge in [-0.3, -0.25) is 4.79 Å². The fourth-order valence-electron chi connectivity index (χ4n) is 3.15. The number of hydrogen-bond acceptors (Lipinski definition) is 3. The van der Waals surface area contributed by atoms with Gasteiger partial charge in [0.1, 0.15) is 5.75 Å². The minimum atomic E-state index is -4.86. The average Bonchev–Trinajstić information content (AvgIpc) is 2.60. The highest BCUT2D eigenvalue weighted by Gasteiger charge is 2.35. The molecule has 7 heteroatoms. The Hall–Kier alpha value is -2.70. The molecule has 0 fully saturated rings. The Morgan fingerprint density at radius 2 is 1.89 bits per heavy atom. The van der Waals surface area contributed by atoms with Gasteiger partial charge in [0.05, 0.1) is 16.9 Å². The monoisotopic (exact) mass is 378 g/mol. The first-order chi connectivity index (χ1) is 12.7. The molecule has 1 heterocycles. The number of halogens is 3. The highest BCUT2D eigenvalue weighted by Crippen LogP contribution is 2.36. The normalized spacial score (nSPS) is 16.5. The third kappa shape index (κ3) is 4.02. The summed E-state index contributed by atoms with van der Waals surface area (Å²) in [5.74, 6) is -1.01. The Bertz CT molecular complexity index is 865. The second kappa shape index (κ2) is 7.13. The van der Waals surface area contributed by atoms with E-state index in [9.17, 15) is 18.0 Å². The van der Waals surface area contributed by atoms with Gasteiger partial charge in [0.25, 0.3) is 5.91 Å². The van der Waals surface area contributed by atoms with E-state index >= 15 is 0 Å². The van der Waals surface area contributed by atoms with Crippen molar-refractivity contribution in [2.45, 2.75) is 39.6 Å². The number of amides is 1. The lowest BCUT2D eigenvalue weighted by molar-refractivity contribution is -0.274. The van der Waals surface area contributed by atoms with Crippen molar-refractivity contribution >= 4 is 17.3 Å². The zero-order valence-electron chi connectivity index (χ0n) is 15.4. The first kappa shape index (κ1) is 19.1. The summed E-state index contributed by atoms with van der Waals surface area (Å²) in [6, 6.07) is 9.30. The number of fused-ring (bicyclic) bond motifs is 1. The van der Waals surface area contributed by atoms with Gasteiger partial charge in [0.2, 0.25) is 0 Å². The number of alkyl halides is 3. The van der Waals surface area contributed by atoms with Crippen LogP contribution in [0.4, 0.5) is 24.5 Å². The minimum absolute atomic E-state index is 0.0132.